The monoisotopic (exact) mass is 505 g/mol. The van der Waals surface area contributed by atoms with Crippen LogP contribution in [-0.4, -0.2) is 36.4 Å². The third kappa shape index (κ3) is 7.83. The number of benzene rings is 3. The lowest BCUT2D eigenvalue weighted by Gasteiger charge is -2.23. The van der Waals surface area contributed by atoms with E-state index in [1.807, 2.05) is 60.7 Å². The fraction of sp³-hybridized carbons (Fsp3) is 0.310. The zero-order valence-electron chi connectivity index (χ0n) is 20.3. The molecule has 0 radical (unpaired) electrons. The van der Waals surface area contributed by atoms with Gasteiger partial charge in [-0.2, -0.15) is 0 Å². The molecule has 0 spiro atoms. The molecule has 2 N–H and O–H groups in total. The van der Waals surface area contributed by atoms with Gasteiger partial charge in [0.25, 0.3) is 5.91 Å². The Morgan fingerprint density at radius 2 is 1.75 bits per heavy atom. The fourth-order valence-electron chi connectivity index (χ4n) is 4.17. The van der Waals surface area contributed by atoms with E-state index in [-0.39, 0.29) is 18.4 Å². The van der Waals surface area contributed by atoms with Crippen LogP contribution in [0, 0.1) is 0 Å². The number of rotatable bonds is 5. The molecule has 4 rings (SSSR count). The average molecular weight is 506 g/mol. The van der Waals surface area contributed by atoms with Crippen molar-refractivity contribution in [2.45, 2.75) is 38.9 Å². The Hall–Kier alpha value is -3.35. The Morgan fingerprint density at radius 1 is 0.944 bits per heavy atom. The van der Waals surface area contributed by atoms with Gasteiger partial charge in [-0.3, -0.25) is 14.5 Å². The summed E-state index contributed by atoms with van der Waals surface area (Å²) in [6, 6.07) is 23.1. The van der Waals surface area contributed by atoms with Gasteiger partial charge in [-0.1, -0.05) is 60.1 Å². The number of carbonyl (C=O) groups is 2. The van der Waals surface area contributed by atoms with Gasteiger partial charge in [0, 0.05) is 42.3 Å². The van der Waals surface area contributed by atoms with E-state index in [0.29, 0.717) is 49.1 Å². The first-order valence-electron chi connectivity index (χ1n) is 12.4. The largest absolute Gasteiger partial charge is 0.493 e. The van der Waals surface area contributed by atoms with E-state index in [0.717, 1.165) is 36.0 Å². The lowest BCUT2D eigenvalue weighted by atomic mass is 10.1. The zero-order valence-corrected chi connectivity index (χ0v) is 21.1. The topological polar surface area (TPSA) is 70.7 Å². The SMILES string of the molecule is O=C1CN(Cc2ccccc2)Cc2ccc(C(=O)NCc3ccc(Cl)cc3)cc2OCCCCCN1. The van der Waals surface area contributed by atoms with Crippen molar-refractivity contribution in [1.82, 2.24) is 15.5 Å². The first kappa shape index (κ1) is 25.7. The summed E-state index contributed by atoms with van der Waals surface area (Å²) in [6.07, 6.45) is 2.76. The van der Waals surface area contributed by atoms with E-state index >= 15 is 0 Å². The molecule has 0 atom stereocenters. The van der Waals surface area contributed by atoms with Crippen molar-refractivity contribution in [1.29, 1.82) is 0 Å². The summed E-state index contributed by atoms with van der Waals surface area (Å²) < 4.78 is 6.17. The van der Waals surface area contributed by atoms with Crippen molar-refractivity contribution in [3.8, 4) is 5.75 Å². The molecular formula is C29H32ClN3O3. The smallest absolute Gasteiger partial charge is 0.251 e. The highest BCUT2D eigenvalue weighted by atomic mass is 35.5. The summed E-state index contributed by atoms with van der Waals surface area (Å²) in [5.74, 6) is 0.539. The molecule has 188 valence electrons. The van der Waals surface area contributed by atoms with Crippen LogP contribution in [0.25, 0.3) is 0 Å². The normalized spacial score (nSPS) is 15.3. The number of hydrogen-bond donors (Lipinski definition) is 2. The molecule has 6 nitrogen and oxygen atoms in total. The molecule has 1 heterocycles. The van der Waals surface area contributed by atoms with E-state index < -0.39 is 0 Å². The summed E-state index contributed by atoms with van der Waals surface area (Å²) in [4.78, 5) is 27.6. The van der Waals surface area contributed by atoms with Crippen LogP contribution >= 0.6 is 11.6 Å². The predicted molar refractivity (Wildman–Crippen MR) is 142 cm³/mol. The highest BCUT2D eigenvalue weighted by Crippen LogP contribution is 2.24. The van der Waals surface area contributed by atoms with E-state index in [1.165, 1.54) is 0 Å². The third-order valence-corrected chi connectivity index (χ3v) is 6.36. The minimum absolute atomic E-state index is 0.0193. The second-order valence-electron chi connectivity index (χ2n) is 9.02. The molecule has 0 aromatic heterocycles. The molecule has 1 aliphatic heterocycles. The highest BCUT2D eigenvalue weighted by Gasteiger charge is 2.17. The molecule has 3 aromatic rings. The molecule has 3 aromatic carbocycles. The molecule has 1 aliphatic rings. The van der Waals surface area contributed by atoms with Crippen LogP contribution in [0.3, 0.4) is 0 Å². The standard InChI is InChI=1S/C29H32ClN3O3/c30-26-13-9-22(10-14-26)18-32-29(35)24-11-12-25-20-33(19-23-7-3-1-4-8-23)21-28(34)31-15-5-2-6-16-36-27(25)17-24/h1,3-4,7-14,17H,2,5-6,15-16,18-21H2,(H,31,34)(H,32,35). The molecule has 7 heteroatoms. The van der Waals surface area contributed by atoms with E-state index in [1.54, 1.807) is 0 Å². The molecule has 0 aliphatic carbocycles. The van der Waals surface area contributed by atoms with E-state index in [9.17, 15) is 9.59 Å². The first-order valence-corrected chi connectivity index (χ1v) is 12.8. The maximum absolute atomic E-state index is 12.9. The van der Waals surface area contributed by atoms with Gasteiger partial charge < -0.3 is 15.4 Å². The van der Waals surface area contributed by atoms with Crippen molar-refractivity contribution in [3.05, 3.63) is 100 Å². The minimum atomic E-state index is -0.167. The van der Waals surface area contributed by atoms with Gasteiger partial charge in [-0.05, 0) is 54.7 Å². The zero-order chi connectivity index (χ0) is 25.2. The Kier molecular flexibility index (Phi) is 9.36. The highest BCUT2D eigenvalue weighted by molar-refractivity contribution is 6.30. The molecule has 0 bridgehead atoms. The van der Waals surface area contributed by atoms with Gasteiger partial charge >= 0.3 is 0 Å². The fourth-order valence-corrected chi connectivity index (χ4v) is 4.30. The predicted octanol–water partition coefficient (Wildman–Crippen LogP) is 4.95. The van der Waals surface area contributed by atoms with Gasteiger partial charge in [-0.15, -0.1) is 0 Å². The lowest BCUT2D eigenvalue weighted by molar-refractivity contribution is -0.122. The summed E-state index contributed by atoms with van der Waals surface area (Å²) in [5, 5.41) is 6.66. The van der Waals surface area contributed by atoms with Gasteiger partial charge in [0.05, 0.1) is 13.2 Å². The van der Waals surface area contributed by atoms with Crippen molar-refractivity contribution in [3.63, 3.8) is 0 Å². The minimum Gasteiger partial charge on any atom is -0.493 e. The molecule has 0 fully saturated rings. The van der Waals surface area contributed by atoms with Crippen LogP contribution in [0.15, 0.2) is 72.8 Å². The number of fused-ring (bicyclic) bond motifs is 1. The Balaban J connectivity index is 1.52. The number of carbonyl (C=O) groups excluding carboxylic acids is 2. The Morgan fingerprint density at radius 3 is 2.56 bits per heavy atom. The Bertz CT molecular complexity index is 1150. The number of hydrogen-bond acceptors (Lipinski definition) is 4. The van der Waals surface area contributed by atoms with Gasteiger partial charge in [0.15, 0.2) is 0 Å². The second-order valence-corrected chi connectivity index (χ2v) is 9.46. The third-order valence-electron chi connectivity index (χ3n) is 6.11. The Labute approximate surface area is 217 Å². The molecule has 0 saturated heterocycles. The molecule has 0 unspecified atom stereocenters. The van der Waals surface area contributed by atoms with Crippen molar-refractivity contribution in [2.75, 3.05) is 19.7 Å². The summed E-state index contributed by atoms with van der Waals surface area (Å²) in [7, 11) is 0. The number of amides is 2. The van der Waals surface area contributed by atoms with Crippen LogP contribution in [0.2, 0.25) is 5.02 Å². The van der Waals surface area contributed by atoms with E-state index in [4.69, 9.17) is 16.3 Å². The summed E-state index contributed by atoms with van der Waals surface area (Å²) >= 11 is 5.95. The van der Waals surface area contributed by atoms with Crippen LogP contribution in [-0.2, 0) is 24.4 Å². The number of halogens is 1. The summed E-state index contributed by atoms with van der Waals surface area (Å²) in [5.41, 5.74) is 3.60. The lowest BCUT2D eigenvalue weighted by Crippen LogP contribution is -2.37. The first-order chi connectivity index (χ1) is 17.6. The molecule has 0 saturated carbocycles. The van der Waals surface area contributed by atoms with Crippen LogP contribution < -0.4 is 15.4 Å². The number of nitrogens with zero attached hydrogens (tertiary/aromatic N) is 1. The van der Waals surface area contributed by atoms with Gasteiger partial charge in [0.2, 0.25) is 5.91 Å². The maximum Gasteiger partial charge on any atom is 0.251 e. The van der Waals surface area contributed by atoms with Crippen LogP contribution in [0.1, 0.15) is 46.3 Å². The van der Waals surface area contributed by atoms with Crippen molar-refractivity contribution >= 4 is 23.4 Å². The number of nitrogens with one attached hydrogen (secondary N) is 2. The number of ether oxygens (including phenoxy) is 1. The maximum atomic E-state index is 12.9. The average Bonchev–Trinajstić information content (AvgIpc) is 2.90. The molecule has 2 amide bonds. The van der Waals surface area contributed by atoms with E-state index in [2.05, 4.69) is 27.7 Å². The van der Waals surface area contributed by atoms with Gasteiger partial charge in [-0.25, -0.2) is 0 Å². The van der Waals surface area contributed by atoms with Crippen LogP contribution in [0.5, 0.6) is 5.75 Å². The van der Waals surface area contributed by atoms with Crippen molar-refractivity contribution < 1.29 is 14.3 Å². The second kappa shape index (κ2) is 13.1. The quantitative estimate of drug-likeness (QED) is 0.514. The van der Waals surface area contributed by atoms with Gasteiger partial charge in [0.1, 0.15) is 5.75 Å². The van der Waals surface area contributed by atoms with Crippen molar-refractivity contribution in [2.24, 2.45) is 0 Å². The van der Waals surface area contributed by atoms with Crippen LogP contribution in [0.4, 0.5) is 0 Å². The molecule has 36 heavy (non-hydrogen) atoms. The summed E-state index contributed by atoms with van der Waals surface area (Å²) in [6.45, 7) is 3.10. The molecular weight excluding hydrogens is 474 g/mol.